The molecular weight excluding hydrogens is 480 g/mol. The zero-order chi connectivity index (χ0) is 25.9. The number of alkyl halides is 1. The Bertz CT molecular complexity index is 447. The van der Waals surface area contributed by atoms with E-state index in [9.17, 15) is 4.79 Å². The second-order valence-corrected chi connectivity index (χ2v) is 9.10. The molecule has 0 unspecified atom stereocenters. The average molecular weight is 529 g/mol. The van der Waals surface area contributed by atoms with E-state index in [4.69, 9.17) is 49.5 Å². The van der Waals surface area contributed by atoms with Crippen molar-refractivity contribution in [3.63, 3.8) is 0 Å². The largest absolute Gasteiger partial charge is 0.460 e. The van der Waals surface area contributed by atoms with E-state index in [2.05, 4.69) is 0 Å². The van der Waals surface area contributed by atoms with Crippen molar-refractivity contribution in [1.29, 1.82) is 0 Å². The van der Waals surface area contributed by atoms with Gasteiger partial charge in [-0.1, -0.05) is 12.8 Å². The van der Waals surface area contributed by atoms with Crippen LogP contribution in [-0.4, -0.2) is 110 Å². The van der Waals surface area contributed by atoms with E-state index >= 15 is 0 Å². The first-order chi connectivity index (χ1) is 17.0. The fourth-order valence-electron chi connectivity index (χ4n) is 2.62. The van der Waals surface area contributed by atoms with Crippen molar-refractivity contribution < 1.29 is 42.7 Å². The van der Waals surface area contributed by atoms with Crippen molar-refractivity contribution in [3.05, 3.63) is 0 Å². The van der Waals surface area contributed by atoms with Crippen LogP contribution in [0.25, 0.3) is 0 Å². The summed E-state index contributed by atoms with van der Waals surface area (Å²) < 4.78 is 43.3. The number of halogens is 1. The first-order valence-corrected chi connectivity index (χ1v) is 13.3. The lowest BCUT2D eigenvalue weighted by molar-refractivity contribution is -0.156. The zero-order valence-corrected chi connectivity index (χ0v) is 23.0. The third-order valence-corrected chi connectivity index (χ3v) is 4.54. The van der Waals surface area contributed by atoms with Crippen LogP contribution in [0.1, 0.15) is 52.9 Å². The third kappa shape index (κ3) is 31.5. The highest BCUT2D eigenvalue weighted by Gasteiger charge is 2.15. The molecule has 0 radical (unpaired) electrons. The molecule has 0 N–H and O–H groups in total. The molecule has 0 saturated carbocycles. The Morgan fingerprint density at radius 3 is 1.23 bits per heavy atom. The fraction of sp³-hybridized carbons (Fsp3) is 0.960. The average Bonchev–Trinajstić information content (AvgIpc) is 2.80. The Morgan fingerprint density at radius 2 is 0.857 bits per heavy atom. The summed E-state index contributed by atoms with van der Waals surface area (Å²) in [4.78, 5) is 11.5. The van der Waals surface area contributed by atoms with E-state index in [0.29, 0.717) is 85.9 Å². The van der Waals surface area contributed by atoms with Gasteiger partial charge < -0.3 is 37.9 Å². The zero-order valence-electron chi connectivity index (χ0n) is 22.2. The second kappa shape index (κ2) is 26.5. The van der Waals surface area contributed by atoms with E-state index in [1.165, 1.54) is 12.8 Å². The van der Waals surface area contributed by atoms with Crippen LogP contribution in [0.3, 0.4) is 0 Å². The van der Waals surface area contributed by atoms with Crippen LogP contribution in [0.5, 0.6) is 0 Å². The lowest BCUT2D eigenvalue weighted by Crippen LogP contribution is -2.24. The van der Waals surface area contributed by atoms with E-state index in [1.807, 2.05) is 20.8 Å². The number of rotatable bonds is 27. The molecule has 0 saturated heterocycles. The monoisotopic (exact) mass is 528 g/mol. The topological polar surface area (TPSA) is 90.9 Å². The number of esters is 1. The number of hydrogen-bond donors (Lipinski definition) is 0. The van der Waals surface area contributed by atoms with Crippen LogP contribution >= 0.6 is 11.6 Å². The third-order valence-electron chi connectivity index (χ3n) is 4.27. The standard InChI is InChI=1S/C25H49ClO9/c1-25(2,3)35-24(27)8-11-29-13-15-31-17-19-33-21-23-34-22-20-32-18-16-30-14-12-28-10-7-5-4-6-9-26/h4-23H2,1-3H3. The predicted molar refractivity (Wildman–Crippen MR) is 135 cm³/mol. The van der Waals surface area contributed by atoms with Crippen LogP contribution in [0.15, 0.2) is 0 Å². The van der Waals surface area contributed by atoms with Gasteiger partial charge in [-0.2, -0.15) is 0 Å². The molecule has 210 valence electrons. The Morgan fingerprint density at radius 1 is 0.514 bits per heavy atom. The van der Waals surface area contributed by atoms with Crippen LogP contribution in [0.2, 0.25) is 0 Å². The molecule has 0 amide bonds. The normalized spacial score (nSPS) is 11.8. The summed E-state index contributed by atoms with van der Waals surface area (Å²) in [5, 5.41) is 0. The molecule has 10 heteroatoms. The number of ether oxygens (including phenoxy) is 8. The molecule has 0 aromatic rings. The molecule has 0 aromatic heterocycles. The molecule has 0 aromatic carbocycles. The highest BCUT2D eigenvalue weighted by atomic mass is 35.5. The molecule has 0 spiro atoms. The van der Waals surface area contributed by atoms with E-state index < -0.39 is 5.60 Å². The quantitative estimate of drug-likeness (QED) is 0.0900. The van der Waals surface area contributed by atoms with Crippen LogP contribution in [-0.2, 0) is 42.7 Å². The van der Waals surface area contributed by atoms with Crippen molar-refractivity contribution in [1.82, 2.24) is 0 Å². The minimum Gasteiger partial charge on any atom is -0.460 e. The lowest BCUT2D eigenvalue weighted by atomic mass is 10.2. The van der Waals surface area contributed by atoms with Gasteiger partial charge in [-0.15, -0.1) is 11.6 Å². The Labute approximate surface area is 217 Å². The van der Waals surface area contributed by atoms with Crippen molar-refractivity contribution in [2.24, 2.45) is 0 Å². The van der Waals surface area contributed by atoms with E-state index in [0.717, 1.165) is 25.3 Å². The number of unbranched alkanes of at least 4 members (excludes halogenated alkanes) is 3. The Balaban J connectivity index is 3.09. The molecule has 0 aliphatic heterocycles. The summed E-state index contributed by atoms with van der Waals surface area (Å²) in [5.41, 5.74) is -0.464. The first kappa shape index (κ1) is 34.5. The molecule has 35 heavy (non-hydrogen) atoms. The minimum atomic E-state index is -0.464. The summed E-state index contributed by atoms with van der Waals surface area (Å²) in [6.45, 7) is 12.9. The maximum absolute atomic E-state index is 11.5. The van der Waals surface area contributed by atoms with E-state index in [1.54, 1.807) is 0 Å². The molecular formula is C25H49ClO9. The predicted octanol–water partition coefficient (Wildman–Crippen LogP) is 3.63. The molecule has 0 aliphatic rings. The maximum Gasteiger partial charge on any atom is 0.308 e. The van der Waals surface area contributed by atoms with Gasteiger partial charge in [0.2, 0.25) is 0 Å². The van der Waals surface area contributed by atoms with Crippen molar-refractivity contribution >= 4 is 17.6 Å². The molecule has 0 heterocycles. The molecule has 0 atom stereocenters. The molecule has 0 rings (SSSR count). The molecule has 9 nitrogen and oxygen atoms in total. The van der Waals surface area contributed by atoms with Crippen LogP contribution in [0, 0.1) is 0 Å². The summed E-state index contributed by atoms with van der Waals surface area (Å²) in [7, 11) is 0. The van der Waals surface area contributed by atoms with Crippen molar-refractivity contribution in [3.8, 4) is 0 Å². The highest BCUT2D eigenvalue weighted by molar-refractivity contribution is 6.17. The number of hydrogen-bond acceptors (Lipinski definition) is 9. The number of carbonyl (C=O) groups is 1. The van der Waals surface area contributed by atoms with Gasteiger partial charge in [-0.25, -0.2) is 0 Å². The summed E-state index contributed by atoms with van der Waals surface area (Å²) in [6.07, 6.45) is 4.74. The van der Waals surface area contributed by atoms with Gasteiger partial charge in [-0.05, 0) is 33.6 Å². The lowest BCUT2D eigenvalue weighted by Gasteiger charge is -2.19. The molecule has 0 bridgehead atoms. The van der Waals surface area contributed by atoms with Gasteiger partial charge in [0.25, 0.3) is 0 Å². The van der Waals surface area contributed by atoms with E-state index in [-0.39, 0.29) is 12.4 Å². The maximum atomic E-state index is 11.5. The van der Waals surface area contributed by atoms with Crippen LogP contribution < -0.4 is 0 Å². The Hall–Kier alpha value is -0.520. The van der Waals surface area contributed by atoms with Crippen molar-refractivity contribution in [2.75, 3.05) is 98.4 Å². The smallest absolute Gasteiger partial charge is 0.308 e. The summed E-state index contributed by atoms with van der Waals surface area (Å²) >= 11 is 5.64. The second-order valence-electron chi connectivity index (χ2n) is 8.73. The summed E-state index contributed by atoms with van der Waals surface area (Å²) in [5.74, 6) is 0.486. The van der Waals surface area contributed by atoms with Gasteiger partial charge in [0, 0.05) is 12.5 Å². The van der Waals surface area contributed by atoms with Crippen molar-refractivity contribution in [2.45, 2.75) is 58.5 Å². The van der Waals surface area contributed by atoms with Gasteiger partial charge >= 0.3 is 5.97 Å². The fourth-order valence-corrected chi connectivity index (χ4v) is 2.81. The van der Waals surface area contributed by atoms with Gasteiger partial charge in [0.15, 0.2) is 0 Å². The Kier molecular flexibility index (Phi) is 26.1. The first-order valence-electron chi connectivity index (χ1n) is 12.8. The molecule has 0 fully saturated rings. The highest BCUT2D eigenvalue weighted by Crippen LogP contribution is 2.08. The minimum absolute atomic E-state index is 0.241. The van der Waals surface area contributed by atoms with Gasteiger partial charge in [0.05, 0.1) is 92.3 Å². The van der Waals surface area contributed by atoms with Gasteiger partial charge in [-0.3, -0.25) is 4.79 Å². The summed E-state index contributed by atoms with van der Waals surface area (Å²) in [6, 6.07) is 0. The molecule has 0 aliphatic carbocycles. The van der Waals surface area contributed by atoms with Crippen LogP contribution in [0.4, 0.5) is 0 Å². The SMILES string of the molecule is CC(C)(C)OC(=O)CCOCCOCCOCCOCCOCCOCCOCCCCCCCl. The van der Waals surface area contributed by atoms with Gasteiger partial charge in [0.1, 0.15) is 5.60 Å². The number of carbonyl (C=O) groups excluding carboxylic acids is 1.